The minimum absolute atomic E-state index is 0.217. The highest BCUT2D eigenvalue weighted by Crippen LogP contribution is 2.52. The van der Waals surface area contributed by atoms with Crippen molar-refractivity contribution in [1.82, 2.24) is 18.9 Å². The fraction of sp³-hybridized carbons (Fsp3) is 0.234. The van der Waals surface area contributed by atoms with Crippen LogP contribution in [0.4, 0.5) is 0 Å². The zero-order chi connectivity index (χ0) is 40.3. The number of halogens is 2. The maximum absolute atomic E-state index is 14.8. The highest BCUT2D eigenvalue weighted by molar-refractivity contribution is 6.50. The van der Waals surface area contributed by atoms with E-state index in [9.17, 15) is 9.59 Å². The van der Waals surface area contributed by atoms with Gasteiger partial charge in [-0.05, 0) is 60.0 Å². The molecule has 5 heterocycles. The van der Waals surface area contributed by atoms with Crippen molar-refractivity contribution >= 4 is 111 Å². The van der Waals surface area contributed by atoms with Crippen molar-refractivity contribution in [2.24, 2.45) is 18.9 Å². The van der Waals surface area contributed by atoms with Gasteiger partial charge in [-0.25, -0.2) is 9.97 Å². The predicted octanol–water partition coefficient (Wildman–Crippen LogP) is 10.6. The second-order valence-corrected chi connectivity index (χ2v) is 17.4. The molecule has 2 aliphatic rings. The van der Waals surface area contributed by atoms with Gasteiger partial charge in [0, 0.05) is 102 Å². The summed E-state index contributed by atoms with van der Waals surface area (Å²) in [5.74, 6) is 3.66. The number of rotatable bonds is 2. The molecule has 0 amide bonds. The first kappa shape index (κ1) is 34.9. The lowest BCUT2D eigenvalue weighted by Gasteiger charge is -2.23. The molecule has 0 fully saturated rings. The largest absolute Gasteiger partial charge is 0.489 e. The molecule has 10 nitrogen and oxygen atoms in total. The number of carbonyl (C=O) groups excluding carboxylic acids is 1. The van der Waals surface area contributed by atoms with Crippen LogP contribution in [0.5, 0.6) is 23.0 Å². The molecule has 0 spiro atoms. The number of nitrogens with zero attached hydrogens (tertiary/aromatic N) is 4. The first-order chi connectivity index (χ1) is 28.5. The van der Waals surface area contributed by atoms with Gasteiger partial charge in [0.2, 0.25) is 0 Å². The van der Waals surface area contributed by atoms with Gasteiger partial charge >= 0.3 is 0 Å². The Hall–Kier alpha value is -6.10. The molecule has 7 aromatic carbocycles. The number of carbonyl (C=O) groups is 1. The number of ether oxygens (including phenoxy) is 4. The van der Waals surface area contributed by atoms with E-state index < -0.39 is 0 Å². The smallest absolute Gasteiger partial charge is 0.264 e. The van der Waals surface area contributed by atoms with Gasteiger partial charge in [0.15, 0.2) is 29.3 Å². The molecule has 12 heteroatoms. The lowest BCUT2D eigenvalue weighted by Crippen LogP contribution is -2.14. The molecule has 2 unspecified atom stereocenters. The number of hydrogen-bond donors (Lipinski definition) is 0. The summed E-state index contributed by atoms with van der Waals surface area (Å²) < 4.78 is 28.2. The second kappa shape index (κ2) is 12.0. The Balaban J connectivity index is 1.20. The van der Waals surface area contributed by atoms with Crippen molar-refractivity contribution in [3.05, 3.63) is 85.6 Å². The fourth-order valence-corrected chi connectivity index (χ4v) is 10.4. The molecular weight excluding hydrogens is 787 g/mol. The number of pyridine rings is 1. The Morgan fingerprint density at radius 1 is 0.627 bits per heavy atom. The van der Waals surface area contributed by atoms with Gasteiger partial charge in [0.05, 0.1) is 53.9 Å². The lowest BCUT2D eigenvalue weighted by atomic mass is 9.82. The van der Waals surface area contributed by atoms with Crippen LogP contribution >= 0.6 is 23.2 Å². The van der Waals surface area contributed by atoms with Gasteiger partial charge in [-0.1, -0.05) is 37.0 Å². The van der Waals surface area contributed by atoms with E-state index in [2.05, 4.69) is 26.0 Å². The summed E-state index contributed by atoms with van der Waals surface area (Å²) in [6.07, 6.45) is 0.852. The van der Waals surface area contributed by atoms with Crippen LogP contribution in [-0.2, 0) is 7.05 Å². The van der Waals surface area contributed by atoms with Crippen LogP contribution in [-0.4, -0.2) is 51.6 Å². The third-order valence-corrected chi connectivity index (χ3v) is 13.0. The summed E-state index contributed by atoms with van der Waals surface area (Å²) in [7, 11) is 1.97. The molecule has 59 heavy (non-hydrogen) atoms. The average Bonchev–Trinajstić information content (AvgIpc) is 3.61. The molecule has 0 saturated heterocycles. The number of hydrogen-bond acceptors (Lipinski definition) is 8. The van der Waals surface area contributed by atoms with E-state index in [4.69, 9.17) is 52.1 Å². The van der Waals surface area contributed by atoms with Crippen LogP contribution in [0.15, 0.2) is 53.3 Å². The molecule has 2 aliphatic heterocycles. The Kier molecular flexibility index (Phi) is 7.09. The normalized spacial score (nSPS) is 17.1. The molecule has 12 rings (SSSR count). The van der Waals surface area contributed by atoms with Crippen molar-refractivity contribution in [1.29, 1.82) is 0 Å². The SMILES string of the molecule is Cc1cc(-c2nc3cc4c(cc3n2C)OCC(C)CO4)c2c(C=O)cc(Cl)c3c4c(C)cc5c6c(cc(Cl)c(c1c23)c46)c(=O)n1c2cc3c(cc2nc51)OCC(C)CO3. The van der Waals surface area contributed by atoms with Crippen LogP contribution in [0.1, 0.15) is 35.3 Å². The lowest BCUT2D eigenvalue weighted by molar-refractivity contribution is 0.112. The van der Waals surface area contributed by atoms with Crippen molar-refractivity contribution < 1.29 is 23.7 Å². The van der Waals surface area contributed by atoms with Gasteiger partial charge in [-0.3, -0.25) is 14.0 Å². The highest BCUT2D eigenvalue weighted by Gasteiger charge is 2.30. The van der Waals surface area contributed by atoms with Gasteiger partial charge in [0.25, 0.3) is 5.56 Å². The number of aldehydes is 1. The van der Waals surface area contributed by atoms with E-state index in [1.165, 1.54) is 0 Å². The maximum atomic E-state index is 14.8. The van der Waals surface area contributed by atoms with Crippen LogP contribution in [0.2, 0.25) is 10.0 Å². The van der Waals surface area contributed by atoms with Gasteiger partial charge < -0.3 is 23.5 Å². The quantitative estimate of drug-likeness (QED) is 0.0964. The zero-order valence-corrected chi connectivity index (χ0v) is 34.2. The molecule has 0 radical (unpaired) electrons. The molecule has 3 aromatic heterocycles. The summed E-state index contributed by atoms with van der Waals surface area (Å²) in [5, 5.41) is 8.49. The second-order valence-electron chi connectivity index (χ2n) is 16.6. The van der Waals surface area contributed by atoms with Crippen molar-refractivity contribution in [3.63, 3.8) is 0 Å². The van der Waals surface area contributed by atoms with Crippen LogP contribution < -0.4 is 24.5 Å². The number of aryl methyl sites for hydroxylation is 3. The van der Waals surface area contributed by atoms with Crippen molar-refractivity contribution in [3.8, 4) is 34.4 Å². The van der Waals surface area contributed by atoms with E-state index in [1.54, 1.807) is 16.5 Å². The molecule has 292 valence electrons. The van der Waals surface area contributed by atoms with Crippen LogP contribution in [0.3, 0.4) is 0 Å². The number of aromatic nitrogens is 4. The Bertz CT molecular complexity index is 3590. The third kappa shape index (κ3) is 4.58. The van der Waals surface area contributed by atoms with E-state index in [0.717, 1.165) is 77.1 Å². The van der Waals surface area contributed by atoms with Crippen molar-refractivity contribution in [2.45, 2.75) is 27.7 Å². The summed E-state index contributed by atoms with van der Waals surface area (Å²) in [5.41, 5.74) is 6.19. The Morgan fingerprint density at radius 3 is 1.80 bits per heavy atom. The average molecular weight is 822 g/mol. The zero-order valence-electron chi connectivity index (χ0n) is 32.7. The Labute approximate surface area is 345 Å². The summed E-state index contributed by atoms with van der Waals surface area (Å²) >= 11 is 14.8. The fourth-order valence-electron chi connectivity index (χ4n) is 9.76. The van der Waals surface area contributed by atoms with Gasteiger partial charge in [-0.2, -0.15) is 0 Å². The molecule has 0 saturated carbocycles. The number of fused-ring (bicyclic) bond motifs is 9. The molecule has 0 bridgehead atoms. The molecular formula is C47H34Cl2N4O6. The number of benzene rings is 7. The summed E-state index contributed by atoms with van der Waals surface area (Å²) in [4.78, 5) is 38.1. The minimum atomic E-state index is -0.240. The van der Waals surface area contributed by atoms with Crippen LogP contribution in [0.25, 0.3) is 93.0 Å². The van der Waals surface area contributed by atoms with Crippen LogP contribution in [0, 0.1) is 25.7 Å². The van der Waals surface area contributed by atoms with E-state index >= 15 is 0 Å². The maximum Gasteiger partial charge on any atom is 0.264 e. The highest BCUT2D eigenvalue weighted by atomic mass is 35.5. The molecule has 0 aliphatic carbocycles. The van der Waals surface area contributed by atoms with Gasteiger partial charge in [-0.15, -0.1) is 0 Å². The van der Waals surface area contributed by atoms with Crippen molar-refractivity contribution in [2.75, 3.05) is 26.4 Å². The minimum Gasteiger partial charge on any atom is -0.489 e. The standard InChI is InChI=1S/C47H34Cl2N4O6/c1-19-15-56-33-10-29-31(12-35(33)58-17-19)52(5)45(50-29)24-6-21(3)37-42-28(49)9-26-40-25(7-22(4)38(44(40)42)41-27(48)8-23(14-54)39(24)43(37)41)46-51-30-11-34-36(59-18-20(2)16-57-34)13-32(30)53(46)47(26)55/h6-14,19-20H,15-18H2,1-5H3. The molecule has 0 N–H and O–H groups in total. The predicted molar refractivity (Wildman–Crippen MR) is 234 cm³/mol. The first-order valence-corrected chi connectivity index (χ1v) is 20.4. The van der Waals surface area contributed by atoms with E-state index in [-0.39, 0.29) is 17.4 Å². The third-order valence-electron chi connectivity index (χ3n) is 12.4. The summed E-state index contributed by atoms with van der Waals surface area (Å²) in [6, 6.07) is 15.3. The van der Waals surface area contributed by atoms with E-state index in [0.29, 0.717) is 98.3 Å². The summed E-state index contributed by atoms with van der Waals surface area (Å²) in [6.45, 7) is 10.4. The van der Waals surface area contributed by atoms with Gasteiger partial charge in [0.1, 0.15) is 11.5 Å². The monoisotopic (exact) mass is 820 g/mol. The van der Waals surface area contributed by atoms with E-state index in [1.807, 2.05) is 49.7 Å². The molecule has 10 aromatic rings. The number of imidazole rings is 2. The molecule has 2 atom stereocenters. The first-order valence-electron chi connectivity index (χ1n) is 19.7. The Morgan fingerprint density at radius 2 is 1.17 bits per heavy atom. The topological polar surface area (TPSA) is 106 Å².